The number of aromatic nitrogens is 1. The van der Waals surface area contributed by atoms with Gasteiger partial charge in [0.1, 0.15) is 5.75 Å². The van der Waals surface area contributed by atoms with E-state index in [-0.39, 0.29) is 10.6 Å². The van der Waals surface area contributed by atoms with Crippen molar-refractivity contribution in [2.45, 2.75) is 44.8 Å². The number of para-hydroxylation sites is 1. The van der Waals surface area contributed by atoms with Crippen LogP contribution in [0.1, 0.15) is 37.7 Å². The minimum Gasteiger partial charge on any atom is -0.460 e. The molecule has 2 aromatic rings. The van der Waals surface area contributed by atoms with E-state index in [2.05, 4.69) is 11.1 Å². The molecule has 1 aromatic heterocycles. The van der Waals surface area contributed by atoms with Crippen molar-refractivity contribution in [2.75, 3.05) is 19.8 Å². The number of allylic oxidation sites excluding steroid dienone is 3. The van der Waals surface area contributed by atoms with E-state index >= 15 is 0 Å². The Morgan fingerprint density at radius 3 is 2.72 bits per heavy atom. The number of ether oxygens (including phenoxy) is 2. The van der Waals surface area contributed by atoms with Crippen LogP contribution in [0.4, 0.5) is 0 Å². The molecule has 168 valence electrons. The van der Waals surface area contributed by atoms with Gasteiger partial charge < -0.3 is 14.4 Å². The molecule has 4 rings (SSSR count). The van der Waals surface area contributed by atoms with E-state index in [0.29, 0.717) is 25.5 Å². The lowest BCUT2D eigenvalue weighted by molar-refractivity contribution is -0.440. The molecule has 32 heavy (non-hydrogen) atoms. The zero-order chi connectivity index (χ0) is 22.2. The molecule has 0 radical (unpaired) electrons. The third-order valence-electron chi connectivity index (χ3n) is 5.84. The maximum absolute atomic E-state index is 11.9. The summed E-state index contributed by atoms with van der Waals surface area (Å²) in [5.41, 5.74) is 3.50. The number of benzene rings is 1. The molecule has 1 atom stereocenters. The fourth-order valence-electron chi connectivity index (χ4n) is 4.28. The molecule has 1 aliphatic heterocycles. The maximum atomic E-state index is 11.9. The van der Waals surface area contributed by atoms with Gasteiger partial charge in [-0.15, -0.1) is 0 Å². The first-order valence-electron chi connectivity index (χ1n) is 11.3. The molecule has 7 heteroatoms. The van der Waals surface area contributed by atoms with Crippen molar-refractivity contribution >= 4 is 0 Å². The van der Waals surface area contributed by atoms with Crippen molar-refractivity contribution in [1.82, 2.24) is 9.88 Å². The Morgan fingerprint density at radius 1 is 1.09 bits per heavy atom. The van der Waals surface area contributed by atoms with E-state index in [1.165, 1.54) is 5.56 Å². The molecular formula is C25H29N3O4. The van der Waals surface area contributed by atoms with Gasteiger partial charge in [0.05, 0.1) is 11.5 Å². The Kier molecular flexibility index (Phi) is 7.51. The lowest BCUT2D eigenvalue weighted by atomic mass is 9.91. The summed E-state index contributed by atoms with van der Waals surface area (Å²) in [6.07, 6.45) is 10.4. The highest BCUT2D eigenvalue weighted by atomic mass is 16.6. The van der Waals surface area contributed by atoms with E-state index < -0.39 is 6.23 Å². The highest BCUT2D eigenvalue weighted by molar-refractivity contribution is 5.35. The lowest BCUT2D eigenvalue weighted by Crippen LogP contribution is -2.46. The second-order valence-corrected chi connectivity index (χ2v) is 8.06. The van der Waals surface area contributed by atoms with Crippen LogP contribution in [0.2, 0.25) is 0 Å². The van der Waals surface area contributed by atoms with Gasteiger partial charge in [0, 0.05) is 37.3 Å². The number of rotatable bonds is 10. The van der Waals surface area contributed by atoms with Crippen LogP contribution in [-0.2, 0) is 11.2 Å². The van der Waals surface area contributed by atoms with E-state index in [1.807, 2.05) is 47.5 Å². The Labute approximate surface area is 188 Å². The van der Waals surface area contributed by atoms with Crippen LogP contribution in [0.15, 0.2) is 77.9 Å². The van der Waals surface area contributed by atoms with Gasteiger partial charge in [0.2, 0.25) is 0 Å². The summed E-state index contributed by atoms with van der Waals surface area (Å²) in [6.45, 7) is 1.68. The van der Waals surface area contributed by atoms with Crippen molar-refractivity contribution in [3.8, 4) is 5.75 Å². The van der Waals surface area contributed by atoms with Gasteiger partial charge in [0.15, 0.2) is 0 Å². The quantitative estimate of drug-likeness (QED) is 0.305. The summed E-state index contributed by atoms with van der Waals surface area (Å²) >= 11 is 0. The zero-order valence-corrected chi connectivity index (χ0v) is 18.2. The van der Waals surface area contributed by atoms with Crippen molar-refractivity contribution in [3.63, 3.8) is 0 Å². The average Bonchev–Trinajstić information content (AvgIpc) is 2.83. The van der Waals surface area contributed by atoms with Crippen LogP contribution in [0.5, 0.6) is 5.75 Å². The average molecular weight is 436 g/mol. The molecule has 7 nitrogen and oxygen atoms in total. The van der Waals surface area contributed by atoms with Crippen molar-refractivity contribution < 1.29 is 14.4 Å². The Hall–Kier alpha value is -3.19. The molecule has 0 saturated heterocycles. The monoisotopic (exact) mass is 435 g/mol. The van der Waals surface area contributed by atoms with Crippen molar-refractivity contribution in [2.24, 2.45) is 0 Å². The van der Waals surface area contributed by atoms with E-state index in [9.17, 15) is 10.1 Å². The molecular weight excluding hydrogens is 406 g/mol. The van der Waals surface area contributed by atoms with Gasteiger partial charge in [-0.3, -0.25) is 15.1 Å². The molecule has 0 spiro atoms. The first kappa shape index (κ1) is 22.0. The number of nitro groups is 1. The van der Waals surface area contributed by atoms with Crippen LogP contribution >= 0.6 is 0 Å². The summed E-state index contributed by atoms with van der Waals surface area (Å²) in [5.74, 6) is 0.618. The Balaban J connectivity index is 1.41. The number of nitrogens with zero attached hydrogens (tertiary/aromatic N) is 3. The van der Waals surface area contributed by atoms with Gasteiger partial charge in [-0.05, 0) is 67.9 Å². The van der Waals surface area contributed by atoms with Gasteiger partial charge in [-0.2, -0.15) is 0 Å². The fourth-order valence-corrected chi connectivity index (χ4v) is 4.28. The highest BCUT2D eigenvalue weighted by Gasteiger charge is 2.39. The van der Waals surface area contributed by atoms with E-state index in [0.717, 1.165) is 49.8 Å². The third-order valence-corrected chi connectivity index (χ3v) is 5.84. The molecule has 2 aliphatic rings. The van der Waals surface area contributed by atoms with Gasteiger partial charge >= 0.3 is 5.70 Å². The second-order valence-electron chi connectivity index (χ2n) is 8.06. The summed E-state index contributed by atoms with van der Waals surface area (Å²) in [6, 6.07) is 13.3. The zero-order valence-electron chi connectivity index (χ0n) is 18.2. The topological polar surface area (TPSA) is 77.7 Å². The molecule has 0 saturated carbocycles. The SMILES string of the molecule is O=[N+]([O-])C1=CC2=C(CCCC2)N(CCOCCCc2cccnc2)C1Oc1ccccc1. The summed E-state index contributed by atoms with van der Waals surface area (Å²) in [4.78, 5) is 17.8. The van der Waals surface area contributed by atoms with Crippen LogP contribution < -0.4 is 4.74 Å². The van der Waals surface area contributed by atoms with E-state index in [4.69, 9.17) is 9.47 Å². The summed E-state index contributed by atoms with van der Waals surface area (Å²) in [5, 5.41) is 11.9. The van der Waals surface area contributed by atoms with Crippen LogP contribution in [0, 0.1) is 10.1 Å². The van der Waals surface area contributed by atoms with Gasteiger partial charge in [0.25, 0.3) is 6.23 Å². The third kappa shape index (κ3) is 5.53. The lowest BCUT2D eigenvalue weighted by Gasteiger charge is -2.39. The number of hydrogen-bond acceptors (Lipinski definition) is 6. The van der Waals surface area contributed by atoms with Crippen LogP contribution in [-0.4, -0.2) is 40.8 Å². The van der Waals surface area contributed by atoms with Crippen molar-refractivity contribution in [1.29, 1.82) is 0 Å². The number of pyridine rings is 1. The minimum atomic E-state index is -0.761. The van der Waals surface area contributed by atoms with Gasteiger partial charge in [-0.1, -0.05) is 24.3 Å². The molecule has 1 aliphatic carbocycles. The molecule has 0 N–H and O–H groups in total. The minimum absolute atomic E-state index is 0.0890. The smallest absolute Gasteiger partial charge is 0.307 e. The van der Waals surface area contributed by atoms with Crippen LogP contribution in [0.3, 0.4) is 0 Å². The first-order valence-corrected chi connectivity index (χ1v) is 11.3. The van der Waals surface area contributed by atoms with Crippen LogP contribution in [0.25, 0.3) is 0 Å². The fraction of sp³-hybridized carbons (Fsp3) is 0.400. The number of aryl methyl sites for hydroxylation is 1. The number of hydrogen-bond donors (Lipinski definition) is 0. The summed E-state index contributed by atoms with van der Waals surface area (Å²) in [7, 11) is 0. The molecule has 2 heterocycles. The largest absolute Gasteiger partial charge is 0.460 e. The van der Waals surface area contributed by atoms with Crippen molar-refractivity contribution in [3.05, 3.63) is 93.6 Å². The molecule has 1 aromatic carbocycles. The van der Waals surface area contributed by atoms with E-state index in [1.54, 1.807) is 12.3 Å². The van der Waals surface area contributed by atoms with Gasteiger partial charge in [-0.25, -0.2) is 0 Å². The first-order chi connectivity index (χ1) is 15.7. The molecule has 0 bridgehead atoms. The Morgan fingerprint density at radius 2 is 1.94 bits per heavy atom. The second kappa shape index (κ2) is 10.9. The normalized spacial score (nSPS) is 18.2. The predicted molar refractivity (Wildman–Crippen MR) is 122 cm³/mol. The Bertz CT molecular complexity index is 960. The standard InChI is InChI=1S/C25H29N3O4/c29-28(30)24-18-21-10-4-5-13-23(21)27(25(24)32-22-11-2-1-3-12-22)15-17-31-16-7-9-20-8-6-14-26-19-20/h1-3,6,8,11-12,14,18-19,25H,4-5,7,9-10,13,15-17H2. The maximum Gasteiger partial charge on any atom is 0.307 e. The highest BCUT2D eigenvalue weighted by Crippen LogP contribution is 2.36. The predicted octanol–water partition coefficient (Wildman–Crippen LogP) is 4.74. The summed E-state index contributed by atoms with van der Waals surface area (Å²) < 4.78 is 12.0. The molecule has 0 fully saturated rings. The molecule has 1 unspecified atom stereocenters. The molecule has 0 amide bonds.